The van der Waals surface area contributed by atoms with Crippen molar-refractivity contribution in [2.24, 2.45) is 0 Å². The number of hydrogen-bond acceptors (Lipinski definition) is 4. The number of amides is 2. The molecule has 1 aliphatic rings. The van der Waals surface area contributed by atoms with Crippen molar-refractivity contribution in [1.82, 2.24) is 10.6 Å². The summed E-state index contributed by atoms with van der Waals surface area (Å²) in [6.45, 7) is 0. The zero-order valence-corrected chi connectivity index (χ0v) is 18.3. The van der Waals surface area contributed by atoms with Crippen LogP contribution in [0.1, 0.15) is 37.7 Å². The number of carboxylic acids is 1. The highest BCUT2D eigenvalue weighted by atomic mass is 35.5. The number of halogens is 1. The Balaban J connectivity index is 1.67. The smallest absolute Gasteiger partial charge is 0.332 e. The number of rotatable bonds is 8. The summed E-state index contributed by atoms with van der Waals surface area (Å²) in [5.74, 6) is -2.94. The fraction of sp³-hybridized carbons (Fsp3) is 0.375. The van der Waals surface area contributed by atoms with Crippen LogP contribution in [-0.4, -0.2) is 46.2 Å². The van der Waals surface area contributed by atoms with Crippen LogP contribution in [0.25, 0.3) is 11.1 Å². The Kier molecular flexibility index (Phi) is 8.25. The quantitative estimate of drug-likeness (QED) is 0.454. The van der Waals surface area contributed by atoms with Gasteiger partial charge in [0.15, 0.2) is 6.10 Å². The van der Waals surface area contributed by atoms with Crippen LogP contribution in [0, 0.1) is 0 Å². The van der Waals surface area contributed by atoms with E-state index < -0.39 is 29.9 Å². The molecule has 4 N–H and O–H groups in total. The standard InChI is InChI=1S/C24H27ClN2O5/c25-18-5-3-4-17(13-18)16-10-8-15(9-11-16)12-20(14-21(28)24(31)32)27-23(30)22(29)26-19-6-1-2-7-19/h3-5,8-11,13,19-21,28H,1-2,6-7,12,14H2,(H,26,29)(H,27,30)(H,31,32)/t20-,21-/m1/s1. The van der Waals surface area contributed by atoms with Gasteiger partial charge in [-0.05, 0) is 48.1 Å². The van der Waals surface area contributed by atoms with Crippen LogP contribution >= 0.6 is 11.6 Å². The number of carbonyl (C=O) groups excluding carboxylic acids is 2. The van der Waals surface area contributed by atoms with Crippen LogP contribution in [0.2, 0.25) is 5.02 Å². The second-order valence-corrected chi connectivity index (χ2v) is 8.56. The molecule has 0 saturated heterocycles. The maximum absolute atomic E-state index is 12.4. The third-order valence-corrected chi connectivity index (χ3v) is 5.85. The lowest BCUT2D eigenvalue weighted by Crippen LogP contribution is -2.49. The minimum absolute atomic E-state index is 0.00431. The molecule has 0 bridgehead atoms. The molecule has 0 aliphatic heterocycles. The molecule has 170 valence electrons. The van der Waals surface area contributed by atoms with Crippen LogP contribution in [0.5, 0.6) is 0 Å². The number of carboxylic acid groups (broad SMARTS) is 1. The van der Waals surface area contributed by atoms with Crippen LogP contribution in [0.4, 0.5) is 0 Å². The average molecular weight is 459 g/mol. The Morgan fingerprint density at radius 1 is 1.00 bits per heavy atom. The molecular formula is C24H27ClN2O5. The van der Waals surface area contributed by atoms with Crippen molar-refractivity contribution in [3.05, 3.63) is 59.1 Å². The van der Waals surface area contributed by atoms with Gasteiger partial charge in [-0.1, -0.05) is 60.8 Å². The van der Waals surface area contributed by atoms with Gasteiger partial charge in [-0.25, -0.2) is 4.79 Å². The molecule has 8 heteroatoms. The summed E-state index contributed by atoms with van der Waals surface area (Å²) in [6.07, 6.45) is 2.13. The van der Waals surface area contributed by atoms with E-state index in [1.54, 1.807) is 6.07 Å². The number of hydrogen-bond donors (Lipinski definition) is 4. The van der Waals surface area contributed by atoms with E-state index in [4.69, 9.17) is 16.7 Å². The van der Waals surface area contributed by atoms with E-state index in [-0.39, 0.29) is 18.9 Å². The van der Waals surface area contributed by atoms with Crippen LogP contribution in [0.15, 0.2) is 48.5 Å². The third kappa shape index (κ3) is 6.80. The molecule has 2 aromatic carbocycles. The van der Waals surface area contributed by atoms with Gasteiger partial charge in [-0.2, -0.15) is 0 Å². The molecule has 0 radical (unpaired) electrons. The average Bonchev–Trinajstić information content (AvgIpc) is 3.27. The molecule has 2 aromatic rings. The van der Waals surface area contributed by atoms with Crippen LogP contribution in [-0.2, 0) is 20.8 Å². The lowest BCUT2D eigenvalue weighted by molar-refractivity contribution is -0.147. The summed E-state index contributed by atoms with van der Waals surface area (Å²) in [6, 6.07) is 14.3. The molecular weight excluding hydrogens is 432 g/mol. The fourth-order valence-corrected chi connectivity index (χ4v) is 4.11. The number of aliphatic hydroxyl groups excluding tert-OH is 1. The highest BCUT2D eigenvalue weighted by Gasteiger charge is 2.26. The molecule has 2 amide bonds. The second-order valence-electron chi connectivity index (χ2n) is 8.13. The maximum atomic E-state index is 12.4. The Morgan fingerprint density at radius 2 is 1.69 bits per heavy atom. The van der Waals surface area contributed by atoms with E-state index in [9.17, 15) is 19.5 Å². The molecule has 1 aliphatic carbocycles. The van der Waals surface area contributed by atoms with E-state index >= 15 is 0 Å². The van der Waals surface area contributed by atoms with Gasteiger partial charge in [0.25, 0.3) is 0 Å². The summed E-state index contributed by atoms with van der Waals surface area (Å²) in [4.78, 5) is 35.7. The van der Waals surface area contributed by atoms with Crippen molar-refractivity contribution in [1.29, 1.82) is 0 Å². The predicted octanol–water partition coefficient (Wildman–Crippen LogP) is 2.93. The lowest BCUT2D eigenvalue weighted by Gasteiger charge is -2.21. The van der Waals surface area contributed by atoms with Gasteiger partial charge in [0.1, 0.15) is 0 Å². The predicted molar refractivity (Wildman–Crippen MR) is 121 cm³/mol. The molecule has 7 nitrogen and oxygen atoms in total. The lowest BCUT2D eigenvalue weighted by atomic mass is 9.98. The van der Waals surface area contributed by atoms with Crippen molar-refractivity contribution in [3.63, 3.8) is 0 Å². The van der Waals surface area contributed by atoms with E-state index in [1.807, 2.05) is 42.5 Å². The molecule has 1 fully saturated rings. The van der Waals surface area contributed by atoms with Crippen LogP contribution < -0.4 is 10.6 Å². The topological polar surface area (TPSA) is 116 Å². The fourth-order valence-electron chi connectivity index (χ4n) is 3.92. The number of nitrogens with one attached hydrogen (secondary N) is 2. The zero-order valence-electron chi connectivity index (χ0n) is 17.6. The molecule has 32 heavy (non-hydrogen) atoms. The summed E-state index contributed by atoms with van der Waals surface area (Å²) < 4.78 is 0. The summed E-state index contributed by atoms with van der Waals surface area (Å²) in [5.41, 5.74) is 2.74. The van der Waals surface area contributed by atoms with Crippen molar-refractivity contribution in [2.45, 2.75) is 56.7 Å². The summed E-state index contributed by atoms with van der Waals surface area (Å²) >= 11 is 6.05. The Labute approximate surface area is 191 Å². The Bertz CT molecular complexity index is 957. The Morgan fingerprint density at radius 3 is 2.31 bits per heavy atom. The minimum atomic E-state index is -1.65. The van der Waals surface area contributed by atoms with Gasteiger partial charge >= 0.3 is 17.8 Å². The van der Waals surface area contributed by atoms with Gasteiger partial charge < -0.3 is 20.8 Å². The van der Waals surface area contributed by atoms with E-state index in [2.05, 4.69) is 10.6 Å². The van der Waals surface area contributed by atoms with Crippen molar-refractivity contribution in [3.8, 4) is 11.1 Å². The number of aliphatic hydroxyl groups is 1. The van der Waals surface area contributed by atoms with Crippen LogP contribution in [0.3, 0.4) is 0 Å². The first kappa shape index (κ1) is 23.8. The van der Waals surface area contributed by atoms with E-state index in [0.29, 0.717) is 5.02 Å². The van der Waals surface area contributed by atoms with E-state index in [1.165, 1.54) is 0 Å². The van der Waals surface area contributed by atoms with Crippen molar-refractivity contribution < 1.29 is 24.6 Å². The first-order chi connectivity index (χ1) is 15.3. The largest absolute Gasteiger partial charge is 0.479 e. The number of carbonyl (C=O) groups is 3. The SMILES string of the molecule is O=C(NC1CCCC1)C(=O)N[C@H](Cc1ccc(-c2cccc(Cl)c2)cc1)C[C@@H](O)C(=O)O. The third-order valence-electron chi connectivity index (χ3n) is 5.62. The zero-order chi connectivity index (χ0) is 23.1. The molecule has 0 heterocycles. The van der Waals surface area contributed by atoms with Crippen molar-refractivity contribution in [2.75, 3.05) is 0 Å². The molecule has 2 atom stereocenters. The first-order valence-electron chi connectivity index (χ1n) is 10.7. The molecule has 0 spiro atoms. The van der Waals surface area contributed by atoms with Gasteiger partial charge in [-0.3, -0.25) is 9.59 Å². The summed E-state index contributed by atoms with van der Waals surface area (Å²) in [5, 5.41) is 24.8. The van der Waals surface area contributed by atoms with Gasteiger partial charge in [-0.15, -0.1) is 0 Å². The molecule has 3 rings (SSSR count). The highest BCUT2D eigenvalue weighted by Crippen LogP contribution is 2.23. The normalized spacial score (nSPS) is 15.7. The first-order valence-corrected chi connectivity index (χ1v) is 11.1. The number of aliphatic carboxylic acids is 1. The van der Waals surface area contributed by atoms with E-state index in [0.717, 1.165) is 42.4 Å². The Hall–Kier alpha value is -2.90. The van der Waals surface area contributed by atoms with Crippen molar-refractivity contribution >= 4 is 29.4 Å². The molecule has 0 unspecified atom stereocenters. The number of benzene rings is 2. The maximum Gasteiger partial charge on any atom is 0.332 e. The second kappa shape index (κ2) is 11.1. The summed E-state index contributed by atoms with van der Waals surface area (Å²) in [7, 11) is 0. The van der Waals surface area contributed by atoms with Gasteiger partial charge in [0.2, 0.25) is 0 Å². The van der Waals surface area contributed by atoms with Gasteiger partial charge in [0, 0.05) is 23.5 Å². The van der Waals surface area contributed by atoms with Gasteiger partial charge in [0.05, 0.1) is 0 Å². The monoisotopic (exact) mass is 458 g/mol. The highest BCUT2D eigenvalue weighted by molar-refractivity contribution is 6.35. The molecule has 0 aromatic heterocycles. The minimum Gasteiger partial charge on any atom is -0.479 e. The molecule has 1 saturated carbocycles.